The molecule has 0 radical (unpaired) electrons. The third-order valence-corrected chi connectivity index (χ3v) is 4.39. The molecule has 138 valence electrons. The monoisotopic (exact) mass is 357 g/mol. The molecule has 3 rings (SSSR count). The maximum absolute atomic E-state index is 12.3. The van der Waals surface area contributed by atoms with E-state index in [1.165, 1.54) is 0 Å². The van der Waals surface area contributed by atoms with Crippen LogP contribution in [-0.2, 0) is 9.47 Å². The van der Waals surface area contributed by atoms with Crippen LogP contribution in [0.25, 0.3) is 11.4 Å². The van der Waals surface area contributed by atoms with Gasteiger partial charge in [0.25, 0.3) is 0 Å². The van der Waals surface area contributed by atoms with Crippen LogP contribution in [0.4, 0.5) is 5.82 Å². The fourth-order valence-corrected chi connectivity index (χ4v) is 2.96. The van der Waals surface area contributed by atoms with Crippen molar-refractivity contribution in [1.82, 2.24) is 9.97 Å². The van der Waals surface area contributed by atoms with Gasteiger partial charge in [-0.3, -0.25) is 0 Å². The lowest BCUT2D eigenvalue weighted by atomic mass is 10.2. The second-order valence-electron chi connectivity index (χ2n) is 5.97. The predicted molar refractivity (Wildman–Crippen MR) is 97.6 cm³/mol. The van der Waals surface area contributed by atoms with Crippen molar-refractivity contribution in [2.75, 3.05) is 38.8 Å². The van der Waals surface area contributed by atoms with Crippen molar-refractivity contribution in [1.29, 1.82) is 0 Å². The van der Waals surface area contributed by atoms with Gasteiger partial charge in [-0.15, -0.1) is 0 Å². The lowest BCUT2D eigenvalue weighted by Gasteiger charge is -2.20. The lowest BCUT2D eigenvalue weighted by Crippen LogP contribution is -2.26. The van der Waals surface area contributed by atoms with E-state index >= 15 is 0 Å². The van der Waals surface area contributed by atoms with Crippen LogP contribution in [0.1, 0.15) is 23.7 Å². The summed E-state index contributed by atoms with van der Waals surface area (Å²) in [5.41, 5.74) is 1.23. The van der Waals surface area contributed by atoms with Crippen LogP contribution < -0.4 is 9.64 Å². The molecule has 0 N–H and O–H groups in total. The molecule has 2 heterocycles. The standard InChI is InChI=1S/C19H23N3O4/c1-4-26-19(23)16-11-20-17(13-5-7-14(24-2)8-6-13)21-18(16)22-10-9-15(12-22)25-3/h5-8,11,15H,4,9-10,12H2,1-3H3. The number of methoxy groups -OCH3 is 2. The molecule has 0 aliphatic carbocycles. The topological polar surface area (TPSA) is 73.8 Å². The summed E-state index contributed by atoms with van der Waals surface area (Å²) in [4.78, 5) is 23.4. The predicted octanol–water partition coefficient (Wildman–Crippen LogP) is 2.55. The maximum atomic E-state index is 12.3. The number of ether oxygens (including phenoxy) is 3. The van der Waals surface area contributed by atoms with E-state index in [4.69, 9.17) is 14.2 Å². The minimum absolute atomic E-state index is 0.129. The van der Waals surface area contributed by atoms with E-state index in [1.807, 2.05) is 24.3 Å². The van der Waals surface area contributed by atoms with Gasteiger partial charge in [-0.05, 0) is 37.6 Å². The average Bonchev–Trinajstić information content (AvgIpc) is 3.17. The van der Waals surface area contributed by atoms with Crippen LogP contribution >= 0.6 is 0 Å². The summed E-state index contributed by atoms with van der Waals surface area (Å²) in [7, 11) is 3.32. The van der Waals surface area contributed by atoms with Crippen molar-refractivity contribution in [3.8, 4) is 17.1 Å². The molecule has 7 nitrogen and oxygen atoms in total. The first-order valence-corrected chi connectivity index (χ1v) is 8.62. The van der Waals surface area contributed by atoms with Gasteiger partial charge in [-0.2, -0.15) is 0 Å². The number of rotatable bonds is 6. The summed E-state index contributed by atoms with van der Waals surface area (Å²) in [5, 5.41) is 0. The van der Waals surface area contributed by atoms with Crippen LogP contribution in [0.15, 0.2) is 30.5 Å². The molecule has 2 aromatic rings. The third kappa shape index (κ3) is 3.77. The Balaban J connectivity index is 1.97. The highest BCUT2D eigenvalue weighted by Crippen LogP contribution is 2.27. The second kappa shape index (κ2) is 8.14. The van der Waals surface area contributed by atoms with Gasteiger partial charge < -0.3 is 19.1 Å². The average molecular weight is 357 g/mol. The zero-order chi connectivity index (χ0) is 18.5. The number of benzene rings is 1. The zero-order valence-corrected chi connectivity index (χ0v) is 15.3. The number of hydrogen-bond acceptors (Lipinski definition) is 7. The number of carbonyl (C=O) groups is 1. The van der Waals surface area contributed by atoms with Crippen molar-refractivity contribution in [3.05, 3.63) is 36.0 Å². The normalized spacial score (nSPS) is 16.6. The Kier molecular flexibility index (Phi) is 5.68. The highest BCUT2D eigenvalue weighted by Gasteiger charge is 2.28. The fraction of sp³-hybridized carbons (Fsp3) is 0.421. The van der Waals surface area contributed by atoms with Crippen molar-refractivity contribution in [2.45, 2.75) is 19.4 Å². The first-order valence-electron chi connectivity index (χ1n) is 8.62. The number of esters is 1. The molecule has 0 bridgehead atoms. The molecule has 0 amide bonds. The van der Waals surface area contributed by atoms with Crippen LogP contribution in [0, 0.1) is 0 Å². The molecule has 26 heavy (non-hydrogen) atoms. The molecular formula is C19H23N3O4. The van der Waals surface area contributed by atoms with Crippen LogP contribution in [0.5, 0.6) is 5.75 Å². The van der Waals surface area contributed by atoms with Crippen LogP contribution in [-0.4, -0.2) is 56.0 Å². The van der Waals surface area contributed by atoms with E-state index in [0.717, 1.165) is 24.3 Å². The molecule has 1 saturated heterocycles. The Morgan fingerprint density at radius 3 is 2.65 bits per heavy atom. The van der Waals surface area contributed by atoms with E-state index in [0.29, 0.717) is 30.4 Å². The number of anilines is 1. The number of aromatic nitrogens is 2. The summed E-state index contributed by atoms with van der Waals surface area (Å²) >= 11 is 0. The summed E-state index contributed by atoms with van der Waals surface area (Å²) in [5.74, 6) is 1.49. The van der Waals surface area contributed by atoms with E-state index in [2.05, 4.69) is 14.9 Å². The van der Waals surface area contributed by atoms with Gasteiger partial charge in [0.2, 0.25) is 0 Å². The van der Waals surface area contributed by atoms with Gasteiger partial charge in [-0.25, -0.2) is 14.8 Å². The largest absolute Gasteiger partial charge is 0.497 e. The van der Waals surface area contributed by atoms with Crippen LogP contribution in [0.2, 0.25) is 0 Å². The molecule has 1 fully saturated rings. The third-order valence-electron chi connectivity index (χ3n) is 4.39. The second-order valence-corrected chi connectivity index (χ2v) is 5.97. The van der Waals surface area contributed by atoms with Gasteiger partial charge in [0.15, 0.2) is 5.82 Å². The van der Waals surface area contributed by atoms with Crippen molar-refractivity contribution < 1.29 is 19.0 Å². The SMILES string of the molecule is CCOC(=O)c1cnc(-c2ccc(OC)cc2)nc1N1CCC(OC)C1. The molecule has 1 unspecified atom stereocenters. The number of hydrogen-bond donors (Lipinski definition) is 0. The number of nitrogens with zero attached hydrogens (tertiary/aromatic N) is 3. The van der Waals surface area contributed by atoms with E-state index in [-0.39, 0.29) is 6.10 Å². The van der Waals surface area contributed by atoms with Gasteiger partial charge in [0, 0.05) is 32.0 Å². The molecule has 0 saturated carbocycles. The Bertz CT molecular complexity index is 764. The van der Waals surface area contributed by atoms with Crippen molar-refractivity contribution >= 4 is 11.8 Å². The maximum Gasteiger partial charge on any atom is 0.343 e. The van der Waals surface area contributed by atoms with E-state index in [1.54, 1.807) is 27.3 Å². The first-order chi connectivity index (χ1) is 12.7. The molecule has 1 aliphatic rings. The Labute approximate surface area is 152 Å². The molecule has 1 aliphatic heterocycles. The highest BCUT2D eigenvalue weighted by atomic mass is 16.5. The lowest BCUT2D eigenvalue weighted by molar-refractivity contribution is 0.0526. The molecule has 1 aromatic carbocycles. The molecule has 7 heteroatoms. The van der Waals surface area contributed by atoms with E-state index in [9.17, 15) is 4.79 Å². The van der Waals surface area contributed by atoms with E-state index < -0.39 is 5.97 Å². The molecule has 1 atom stereocenters. The Morgan fingerprint density at radius 2 is 2.04 bits per heavy atom. The summed E-state index contributed by atoms with van der Waals surface area (Å²) in [6.45, 7) is 3.53. The minimum Gasteiger partial charge on any atom is -0.497 e. The highest BCUT2D eigenvalue weighted by molar-refractivity contribution is 5.95. The first kappa shape index (κ1) is 18.1. The molecular weight excluding hydrogens is 334 g/mol. The Morgan fingerprint density at radius 1 is 1.27 bits per heavy atom. The molecule has 0 spiro atoms. The van der Waals surface area contributed by atoms with Gasteiger partial charge >= 0.3 is 5.97 Å². The Hall–Kier alpha value is -2.67. The summed E-state index contributed by atoms with van der Waals surface area (Å²) < 4.78 is 15.8. The minimum atomic E-state index is -0.412. The van der Waals surface area contributed by atoms with Crippen LogP contribution in [0.3, 0.4) is 0 Å². The van der Waals surface area contributed by atoms with Crippen molar-refractivity contribution in [3.63, 3.8) is 0 Å². The quantitative estimate of drug-likeness (QED) is 0.736. The van der Waals surface area contributed by atoms with Gasteiger partial charge in [0.05, 0.1) is 19.8 Å². The van der Waals surface area contributed by atoms with Gasteiger partial charge in [0.1, 0.15) is 17.1 Å². The fourth-order valence-electron chi connectivity index (χ4n) is 2.96. The summed E-state index contributed by atoms with van der Waals surface area (Å²) in [6.07, 6.45) is 2.56. The number of carbonyl (C=O) groups excluding carboxylic acids is 1. The molecule has 1 aromatic heterocycles. The van der Waals surface area contributed by atoms with Crippen molar-refractivity contribution in [2.24, 2.45) is 0 Å². The zero-order valence-electron chi connectivity index (χ0n) is 15.3. The van der Waals surface area contributed by atoms with Gasteiger partial charge in [-0.1, -0.05) is 0 Å². The smallest absolute Gasteiger partial charge is 0.343 e. The summed E-state index contributed by atoms with van der Waals surface area (Å²) in [6, 6.07) is 7.50.